The Morgan fingerprint density at radius 3 is 2.47 bits per heavy atom. The summed E-state index contributed by atoms with van der Waals surface area (Å²) in [5.74, 6) is 0.391. The van der Waals surface area contributed by atoms with E-state index in [9.17, 15) is 9.18 Å². The van der Waals surface area contributed by atoms with Gasteiger partial charge in [-0.2, -0.15) is 0 Å². The van der Waals surface area contributed by atoms with Crippen LogP contribution in [-0.4, -0.2) is 29.6 Å². The van der Waals surface area contributed by atoms with E-state index >= 15 is 0 Å². The minimum absolute atomic E-state index is 0.0489. The Hall–Kier alpha value is -3.23. The van der Waals surface area contributed by atoms with Crippen LogP contribution < -0.4 is 14.4 Å². The van der Waals surface area contributed by atoms with Crippen molar-refractivity contribution >= 4 is 50.9 Å². The monoisotopic (exact) mass is 540 g/mol. The molecule has 0 atom stereocenters. The number of ether oxygens (including phenoxy) is 2. The van der Waals surface area contributed by atoms with Crippen molar-refractivity contribution in [2.45, 2.75) is 13.5 Å². The Labute approximate surface area is 211 Å². The van der Waals surface area contributed by atoms with Crippen LogP contribution in [0.1, 0.15) is 18.1 Å². The van der Waals surface area contributed by atoms with Gasteiger partial charge in [0.25, 0.3) is 5.91 Å². The van der Waals surface area contributed by atoms with Crippen molar-refractivity contribution in [3.8, 4) is 11.5 Å². The van der Waals surface area contributed by atoms with Crippen LogP contribution in [0.5, 0.6) is 11.5 Å². The number of carbonyl (C=O) groups excluding carboxylic acids is 1. The van der Waals surface area contributed by atoms with Crippen molar-refractivity contribution in [1.29, 1.82) is 0 Å². The van der Waals surface area contributed by atoms with E-state index in [2.05, 4.69) is 15.9 Å². The van der Waals surface area contributed by atoms with Gasteiger partial charge in [-0.3, -0.25) is 9.69 Å². The van der Waals surface area contributed by atoms with Crippen molar-refractivity contribution in [2.75, 3.05) is 18.6 Å². The number of benzene rings is 3. The predicted molar refractivity (Wildman–Crippen MR) is 138 cm³/mol. The normalized spacial score (nSPS) is 14.8. The lowest BCUT2D eigenvalue weighted by molar-refractivity contribution is -0.114. The van der Waals surface area contributed by atoms with Gasteiger partial charge in [0.2, 0.25) is 0 Å². The van der Waals surface area contributed by atoms with Crippen molar-refractivity contribution in [3.05, 3.63) is 93.8 Å². The van der Waals surface area contributed by atoms with Crippen LogP contribution in [0.4, 0.5) is 10.1 Å². The molecule has 5 nitrogen and oxygen atoms in total. The van der Waals surface area contributed by atoms with E-state index in [0.29, 0.717) is 44.6 Å². The molecule has 0 bridgehead atoms. The summed E-state index contributed by atoms with van der Waals surface area (Å²) < 4.78 is 26.3. The lowest BCUT2D eigenvalue weighted by atomic mass is 10.1. The Bertz CT molecular complexity index is 1270. The van der Waals surface area contributed by atoms with Gasteiger partial charge in [0.05, 0.1) is 16.8 Å². The van der Waals surface area contributed by atoms with Crippen LogP contribution in [-0.2, 0) is 11.4 Å². The van der Waals surface area contributed by atoms with E-state index in [1.54, 1.807) is 42.3 Å². The smallest absolute Gasteiger partial charge is 0.281 e. The second-order valence-electron chi connectivity index (χ2n) is 7.49. The number of para-hydroxylation sites is 1. The lowest BCUT2D eigenvalue weighted by Crippen LogP contribution is -2.30. The number of thiocarbonyl (C=S) groups is 1. The Kier molecular flexibility index (Phi) is 7.29. The van der Waals surface area contributed by atoms with Gasteiger partial charge in [-0.15, -0.1) is 0 Å². The first-order chi connectivity index (χ1) is 16.4. The summed E-state index contributed by atoms with van der Waals surface area (Å²) >= 11 is 9.06. The first kappa shape index (κ1) is 23.9. The SMILES string of the molecule is CCOc1cc(/C=C2/C(=O)N(c3ccccc3)C(=S)N2C)cc(Br)c1OCc1ccccc1F. The summed E-state index contributed by atoms with van der Waals surface area (Å²) in [6.07, 6.45) is 1.76. The number of rotatable bonds is 7. The third-order valence-electron chi connectivity index (χ3n) is 5.24. The Balaban J connectivity index is 1.65. The summed E-state index contributed by atoms with van der Waals surface area (Å²) in [6, 6.07) is 19.3. The number of hydrogen-bond donors (Lipinski definition) is 0. The maximum absolute atomic E-state index is 14.0. The van der Waals surface area contributed by atoms with E-state index in [1.165, 1.54) is 11.0 Å². The zero-order chi connectivity index (χ0) is 24.2. The van der Waals surface area contributed by atoms with E-state index in [-0.39, 0.29) is 18.3 Å². The van der Waals surface area contributed by atoms with E-state index < -0.39 is 0 Å². The molecule has 34 heavy (non-hydrogen) atoms. The minimum atomic E-state index is -0.334. The second kappa shape index (κ2) is 10.4. The molecule has 0 aromatic heterocycles. The highest BCUT2D eigenvalue weighted by Crippen LogP contribution is 2.39. The lowest BCUT2D eigenvalue weighted by Gasteiger charge is -2.16. The fourth-order valence-electron chi connectivity index (χ4n) is 3.56. The highest BCUT2D eigenvalue weighted by Gasteiger charge is 2.36. The zero-order valence-electron chi connectivity index (χ0n) is 18.6. The molecule has 1 heterocycles. The topological polar surface area (TPSA) is 42.0 Å². The number of likely N-dealkylation sites (N-methyl/N-ethyl adjacent to an activating group) is 1. The summed E-state index contributed by atoms with van der Waals surface area (Å²) in [7, 11) is 1.76. The molecule has 1 aliphatic heterocycles. The van der Waals surface area contributed by atoms with Gasteiger partial charge in [-0.1, -0.05) is 36.4 Å². The van der Waals surface area contributed by atoms with Gasteiger partial charge in [-0.25, -0.2) is 4.39 Å². The fourth-order valence-corrected chi connectivity index (χ4v) is 4.42. The number of anilines is 1. The van der Waals surface area contributed by atoms with Crippen LogP contribution >= 0.6 is 28.1 Å². The number of nitrogens with zero attached hydrogens (tertiary/aromatic N) is 2. The summed E-state index contributed by atoms with van der Waals surface area (Å²) in [5.41, 5.74) is 2.31. The zero-order valence-corrected chi connectivity index (χ0v) is 21.0. The summed E-state index contributed by atoms with van der Waals surface area (Å²) in [4.78, 5) is 16.4. The van der Waals surface area contributed by atoms with E-state index in [1.807, 2.05) is 43.3 Å². The number of hydrogen-bond acceptors (Lipinski definition) is 4. The maximum Gasteiger partial charge on any atom is 0.281 e. The third kappa shape index (κ3) is 4.83. The van der Waals surface area contributed by atoms with Gasteiger partial charge in [-0.05, 0) is 77.0 Å². The molecule has 0 N–H and O–H groups in total. The third-order valence-corrected chi connectivity index (χ3v) is 6.29. The molecule has 3 aromatic carbocycles. The summed E-state index contributed by atoms with van der Waals surface area (Å²) in [6.45, 7) is 2.32. The Morgan fingerprint density at radius 1 is 1.06 bits per heavy atom. The van der Waals surface area contributed by atoms with E-state index in [4.69, 9.17) is 21.7 Å². The van der Waals surface area contributed by atoms with Gasteiger partial charge >= 0.3 is 0 Å². The molecule has 0 radical (unpaired) electrons. The van der Waals surface area contributed by atoms with Crippen LogP contribution in [0.15, 0.2) is 76.9 Å². The maximum atomic E-state index is 14.0. The van der Waals surface area contributed by atoms with Crippen LogP contribution in [0.25, 0.3) is 6.08 Å². The molecule has 1 amide bonds. The summed E-state index contributed by atoms with van der Waals surface area (Å²) in [5, 5.41) is 0.399. The highest BCUT2D eigenvalue weighted by molar-refractivity contribution is 9.10. The minimum Gasteiger partial charge on any atom is -0.490 e. The van der Waals surface area contributed by atoms with Gasteiger partial charge in [0.15, 0.2) is 16.6 Å². The molecule has 8 heteroatoms. The van der Waals surface area contributed by atoms with Gasteiger partial charge in [0, 0.05) is 12.6 Å². The van der Waals surface area contributed by atoms with Gasteiger partial charge in [0.1, 0.15) is 18.1 Å². The standard InChI is InChI=1S/C26H22BrFN2O3S/c1-3-32-23-15-17(13-20(27)24(23)33-16-18-9-7-8-12-21(18)28)14-22-25(31)30(26(34)29(22)2)19-10-5-4-6-11-19/h4-15H,3,16H2,1-2H3/b22-14-. The highest BCUT2D eigenvalue weighted by atomic mass is 79.9. The molecule has 0 spiro atoms. The quantitative estimate of drug-likeness (QED) is 0.265. The molecule has 0 aliphatic carbocycles. The largest absolute Gasteiger partial charge is 0.490 e. The number of amides is 1. The predicted octanol–water partition coefficient (Wildman–Crippen LogP) is 6.17. The van der Waals surface area contributed by atoms with Crippen LogP contribution in [0, 0.1) is 5.82 Å². The van der Waals surface area contributed by atoms with Gasteiger partial charge < -0.3 is 14.4 Å². The molecule has 4 rings (SSSR count). The fraction of sp³-hybridized carbons (Fsp3) is 0.154. The van der Waals surface area contributed by atoms with Crippen LogP contribution in [0.2, 0.25) is 0 Å². The molecule has 174 valence electrons. The van der Waals surface area contributed by atoms with E-state index in [0.717, 1.165) is 5.56 Å². The molecule has 0 unspecified atom stereocenters. The van der Waals surface area contributed by atoms with Crippen molar-refractivity contribution in [1.82, 2.24) is 4.90 Å². The molecular formula is C26H22BrFN2O3S. The Morgan fingerprint density at radius 2 is 1.76 bits per heavy atom. The van der Waals surface area contributed by atoms with Crippen molar-refractivity contribution < 1.29 is 18.7 Å². The molecule has 3 aromatic rings. The average Bonchev–Trinajstić information content (AvgIpc) is 3.03. The van der Waals surface area contributed by atoms with Crippen molar-refractivity contribution in [2.24, 2.45) is 0 Å². The number of carbonyl (C=O) groups is 1. The number of halogens is 2. The van der Waals surface area contributed by atoms with Crippen molar-refractivity contribution in [3.63, 3.8) is 0 Å². The molecule has 1 saturated heterocycles. The molecule has 0 saturated carbocycles. The molecule has 1 aliphatic rings. The second-order valence-corrected chi connectivity index (χ2v) is 8.71. The average molecular weight is 541 g/mol. The van der Waals surface area contributed by atoms with Crippen LogP contribution in [0.3, 0.4) is 0 Å². The first-order valence-corrected chi connectivity index (χ1v) is 11.8. The molecular weight excluding hydrogens is 519 g/mol. The molecule has 1 fully saturated rings. The first-order valence-electron chi connectivity index (χ1n) is 10.6.